The summed E-state index contributed by atoms with van der Waals surface area (Å²) in [6.07, 6.45) is 1.60. The zero-order valence-electron chi connectivity index (χ0n) is 11.5. The summed E-state index contributed by atoms with van der Waals surface area (Å²) >= 11 is 3.38. The van der Waals surface area contributed by atoms with Crippen molar-refractivity contribution in [2.24, 2.45) is 0 Å². The van der Waals surface area contributed by atoms with Gasteiger partial charge in [-0.3, -0.25) is 9.59 Å². The van der Waals surface area contributed by atoms with Crippen molar-refractivity contribution in [2.45, 2.75) is 12.0 Å². The maximum absolute atomic E-state index is 12.0. The lowest BCUT2D eigenvalue weighted by Gasteiger charge is -2.24. The molecule has 5 nitrogen and oxygen atoms in total. The molecule has 0 saturated carbocycles. The fourth-order valence-electron chi connectivity index (χ4n) is 2.37. The Kier molecular flexibility index (Phi) is 4.80. The Morgan fingerprint density at radius 2 is 2.29 bits per heavy atom. The van der Waals surface area contributed by atoms with E-state index in [0.29, 0.717) is 13.0 Å². The Bertz CT molecular complexity index is 576. The summed E-state index contributed by atoms with van der Waals surface area (Å²) in [6, 6.07) is 7.44. The second-order valence-electron chi connectivity index (χ2n) is 5.03. The van der Waals surface area contributed by atoms with Gasteiger partial charge < -0.3 is 15.3 Å². The average Bonchev–Trinajstić information content (AvgIpc) is 2.88. The fourth-order valence-corrected chi connectivity index (χ4v) is 2.77. The molecule has 1 fully saturated rings. The second kappa shape index (κ2) is 6.41. The Morgan fingerprint density at radius 1 is 1.52 bits per heavy atom. The Balaban J connectivity index is 2.00. The van der Waals surface area contributed by atoms with Gasteiger partial charge in [-0.15, -0.1) is 0 Å². The van der Waals surface area contributed by atoms with Crippen molar-refractivity contribution in [3.63, 3.8) is 0 Å². The maximum Gasteiger partial charge on any atom is 0.243 e. The number of carbonyl (C=O) groups excluding carboxylic acids is 2. The van der Waals surface area contributed by atoms with Crippen LogP contribution in [0, 0.1) is 0 Å². The molecule has 2 rings (SSSR count). The predicted molar refractivity (Wildman–Crippen MR) is 82.4 cm³/mol. The third-order valence-corrected chi connectivity index (χ3v) is 4.05. The van der Waals surface area contributed by atoms with Gasteiger partial charge in [-0.1, -0.05) is 34.6 Å². The molecule has 112 valence electrons. The number of hydrogen-bond acceptors (Lipinski definition) is 3. The SMILES string of the molecule is C=CC(=O)NCC(=O)N1CCC(O)(c2cccc(Br)c2)C1. The first-order valence-electron chi connectivity index (χ1n) is 6.61. The molecular weight excluding hydrogens is 336 g/mol. The van der Waals surface area contributed by atoms with Crippen molar-refractivity contribution in [3.05, 3.63) is 47.0 Å². The van der Waals surface area contributed by atoms with E-state index in [1.54, 1.807) is 4.90 Å². The number of amides is 2. The molecule has 6 heteroatoms. The van der Waals surface area contributed by atoms with E-state index in [1.165, 1.54) is 0 Å². The highest BCUT2D eigenvalue weighted by Crippen LogP contribution is 2.33. The smallest absolute Gasteiger partial charge is 0.243 e. The van der Waals surface area contributed by atoms with Crippen LogP contribution in [0.1, 0.15) is 12.0 Å². The number of rotatable bonds is 4. The molecule has 0 spiro atoms. The number of hydrogen-bond donors (Lipinski definition) is 2. The van der Waals surface area contributed by atoms with Gasteiger partial charge in [0.15, 0.2) is 0 Å². The summed E-state index contributed by atoms with van der Waals surface area (Å²) in [4.78, 5) is 24.6. The number of halogens is 1. The maximum atomic E-state index is 12.0. The molecule has 1 aromatic carbocycles. The van der Waals surface area contributed by atoms with Gasteiger partial charge in [0.05, 0.1) is 13.1 Å². The molecule has 2 N–H and O–H groups in total. The number of likely N-dealkylation sites (tertiary alicyclic amines) is 1. The first kappa shape index (κ1) is 15.7. The van der Waals surface area contributed by atoms with Crippen molar-refractivity contribution in [1.82, 2.24) is 10.2 Å². The van der Waals surface area contributed by atoms with Gasteiger partial charge in [0.25, 0.3) is 0 Å². The first-order chi connectivity index (χ1) is 9.94. The Morgan fingerprint density at radius 3 is 2.95 bits per heavy atom. The second-order valence-corrected chi connectivity index (χ2v) is 5.94. The standard InChI is InChI=1S/C15H17BrN2O3/c1-2-13(19)17-9-14(20)18-7-6-15(21,10-18)11-4-3-5-12(16)8-11/h2-5,8,21H,1,6-7,9-10H2,(H,17,19). The van der Waals surface area contributed by atoms with Crippen molar-refractivity contribution in [1.29, 1.82) is 0 Å². The zero-order valence-corrected chi connectivity index (χ0v) is 13.1. The van der Waals surface area contributed by atoms with Crippen LogP contribution in [0.25, 0.3) is 0 Å². The van der Waals surface area contributed by atoms with Crippen LogP contribution in [-0.2, 0) is 15.2 Å². The van der Waals surface area contributed by atoms with E-state index in [4.69, 9.17) is 0 Å². The zero-order chi connectivity index (χ0) is 15.5. The highest BCUT2D eigenvalue weighted by atomic mass is 79.9. The quantitative estimate of drug-likeness (QED) is 0.799. The molecule has 0 radical (unpaired) electrons. The Hall–Kier alpha value is -1.66. The summed E-state index contributed by atoms with van der Waals surface area (Å²) in [5.41, 5.74) is -0.260. The van der Waals surface area contributed by atoms with Gasteiger partial charge in [0.1, 0.15) is 5.60 Å². The molecule has 0 aliphatic carbocycles. The minimum absolute atomic E-state index is 0.0839. The number of nitrogens with one attached hydrogen (secondary N) is 1. The van der Waals surface area contributed by atoms with Gasteiger partial charge in [-0.2, -0.15) is 0 Å². The molecule has 21 heavy (non-hydrogen) atoms. The molecule has 1 aromatic rings. The van der Waals surface area contributed by atoms with E-state index in [2.05, 4.69) is 27.8 Å². The van der Waals surface area contributed by atoms with E-state index in [0.717, 1.165) is 16.1 Å². The van der Waals surface area contributed by atoms with Gasteiger partial charge in [-0.25, -0.2) is 0 Å². The number of aliphatic hydroxyl groups is 1. The van der Waals surface area contributed by atoms with Gasteiger partial charge in [0, 0.05) is 11.0 Å². The minimum Gasteiger partial charge on any atom is -0.383 e. The molecule has 1 unspecified atom stereocenters. The van der Waals surface area contributed by atoms with Gasteiger partial charge in [-0.05, 0) is 30.2 Å². The van der Waals surface area contributed by atoms with Crippen LogP contribution in [0.2, 0.25) is 0 Å². The molecular formula is C15H17BrN2O3. The van der Waals surface area contributed by atoms with Crippen LogP contribution in [0.15, 0.2) is 41.4 Å². The summed E-state index contributed by atoms with van der Waals surface area (Å²) in [5.74, 6) is -0.596. The summed E-state index contributed by atoms with van der Waals surface area (Å²) in [5, 5.41) is 13.2. The lowest BCUT2D eigenvalue weighted by atomic mass is 9.93. The van der Waals surface area contributed by atoms with Crippen LogP contribution in [-0.4, -0.2) is 41.5 Å². The van der Waals surface area contributed by atoms with Crippen LogP contribution < -0.4 is 5.32 Å². The molecule has 1 aliphatic heterocycles. The molecule has 1 atom stereocenters. The molecule has 1 heterocycles. The Labute approximate surface area is 131 Å². The molecule has 0 bridgehead atoms. The fraction of sp³-hybridized carbons (Fsp3) is 0.333. The van der Waals surface area contributed by atoms with E-state index in [1.807, 2.05) is 24.3 Å². The number of carbonyl (C=O) groups is 2. The third kappa shape index (κ3) is 3.71. The van der Waals surface area contributed by atoms with Crippen LogP contribution in [0.4, 0.5) is 0 Å². The molecule has 2 amide bonds. The average molecular weight is 353 g/mol. The lowest BCUT2D eigenvalue weighted by Crippen LogP contribution is -2.40. The van der Waals surface area contributed by atoms with Crippen molar-refractivity contribution >= 4 is 27.7 Å². The van der Waals surface area contributed by atoms with Gasteiger partial charge >= 0.3 is 0 Å². The van der Waals surface area contributed by atoms with Crippen LogP contribution in [0.5, 0.6) is 0 Å². The predicted octanol–water partition coefficient (Wildman–Crippen LogP) is 1.17. The largest absolute Gasteiger partial charge is 0.383 e. The van der Waals surface area contributed by atoms with Crippen molar-refractivity contribution in [3.8, 4) is 0 Å². The monoisotopic (exact) mass is 352 g/mol. The van der Waals surface area contributed by atoms with E-state index in [9.17, 15) is 14.7 Å². The number of nitrogens with zero attached hydrogens (tertiary/aromatic N) is 1. The number of benzene rings is 1. The van der Waals surface area contributed by atoms with E-state index in [-0.39, 0.29) is 24.9 Å². The molecule has 1 aliphatic rings. The number of β-amino-alcohol motifs (C(OH)–C–C–N with tert-alkyl or cyclic N) is 1. The minimum atomic E-state index is -1.04. The van der Waals surface area contributed by atoms with Crippen LogP contribution in [0.3, 0.4) is 0 Å². The van der Waals surface area contributed by atoms with E-state index < -0.39 is 5.60 Å². The summed E-state index contributed by atoms with van der Waals surface area (Å²) in [6.45, 7) is 3.93. The topological polar surface area (TPSA) is 69.6 Å². The lowest BCUT2D eigenvalue weighted by molar-refractivity contribution is -0.132. The van der Waals surface area contributed by atoms with Gasteiger partial charge in [0.2, 0.25) is 11.8 Å². The summed E-state index contributed by atoms with van der Waals surface area (Å²) < 4.78 is 0.886. The van der Waals surface area contributed by atoms with Crippen LogP contribution >= 0.6 is 15.9 Å². The highest BCUT2D eigenvalue weighted by Gasteiger charge is 2.39. The third-order valence-electron chi connectivity index (χ3n) is 3.56. The van der Waals surface area contributed by atoms with Crippen molar-refractivity contribution in [2.75, 3.05) is 19.6 Å². The molecule has 0 aromatic heterocycles. The van der Waals surface area contributed by atoms with Crippen molar-refractivity contribution < 1.29 is 14.7 Å². The normalized spacial score (nSPS) is 21.1. The molecule has 1 saturated heterocycles. The van der Waals surface area contributed by atoms with E-state index >= 15 is 0 Å². The summed E-state index contributed by atoms with van der Waals surface area (Å²) in [7, 11) is 0. The first-order valence-corrected chi connectivity index (χ1v) is 7.40. The highest BCUT2D eigenvalue weighted by molar-refractivity contribution is 9.10.